The van der Waals surface area contributed by atoms with Crippen molar-refractivity contribution >= 4 is 23.6 Å². The van der Waals surface area contributed by atoms with Crippen LogP contribution in [0.4, 0.5) is 11.8 Å². The Balaban J connectivity index is 1.90. The molecule has 2 N–H and O–H groups in total. The highest BCUT2D eigenvalue weighted by molar-refractivity contribution is 5.87. The fraction of sp³-hybridized carbons (Fsp3) is 0.667. The van der Waals surface area contributed by atoms with Gasteiger partial charge in [-0.1, -0.05) is 6.92 Å². The average molecular weight is 360 g/mol. The van der Waals surface area contributed by atoms with Crippen LogP contribution >= 0.6 is 0 Å². The molecule has 3 aliphatic rings. The molecule has 0 unspecified atom stereocenters. The average Bonchev–Trinajstić information content (AvgIpc) is 2.89. The number of carbonyl (C=O) groups excluding carboxylic acids is 2. The molecular weight excluding hydrogens is 332 g/mol. The fourth-order valence-electron chi connectivity index (χ4n) is 3.93. The number of amides is 2. The molecular formula is C18H28N6O2. The van der Waals surface area contributed by atoms with E-state index in [0.29, 0.717) is 13.1 Å². The Hall–Kier alpha value is -2.38. The molecule has 8 heteroatoms. The maximum absolute atomic E-state index is 12.9. The molecule has 0 aliphatic carbocycles. The van der Waals surface area contributed by atoms with Crippen molar-refractivity contribution < 1.29 is 9.59 Å². The summed E-state index contributed by atoms with van der Waals surface area (Å²) in [6, 6.07) is 0.0193. The van der Waals surface area contributed by atoms with Crippen molar-refractivity contribution in [1.82, 2.24) is 19.8 Å². The Labute approximate surface area is 154 Å². The van der Waals surface area contributed by atoms with E-state index in [0.717, 1.165) is 36.3 Å². The molecule has 8 nitrogen and oxygen atoms in total. The summed E-state index contributed by atoms with van der Waals surface area (Å²) in [7, 11) is 3.43. The lowest BCUT2D eigenvalue weighted by Gasteiger charge is -2.36. The van der Waals surface area contributed by atoms with Crippen molar-refractivity contribution in [3.05, 3.63) is 11.3 Å². The summed E-state index contributed by atoms with van der Waals surface area (Å²) >= 11 is 0. The van der Waals surface area contributed by atoms with Gasteiger partial charge in [-0.3, -0.25) is 9.59 Å². The Morgan fingerprint density at radius 3 is 2.65 bits per heavy atom. The van der Waals surface area contributed by atoms with Crippen molar-refractivity contribution in [3.63, 3.8) is 0 Å². The number of aryl methyl sites for hydroxylation is 1. The van der Waals surface area contributed by atoms with Crippen LogP contribution in [0.2, 0.25) is 0 Å². The lowest BCUT2D eigenvalue weighted by molar-refractivity contribution is -0.145. The van der Waals surface area contributed by atoms with E-state index in [4.69, 9.17) is 5.73 Å². The molecule has 0 aromatic carbocycles. The van der Waals surface area contributed by atoms with Crippen LogP contribution in [0.5, 0.6) is 0 Å². The number of likely N-dealkylation sites (N-methyl/N-ethyl adjacent to an activating group) is 1. The van der Waals surface area contributed by atoms with Gasteiger partial charge in [0.1, 0.15) is 12.4 Å². The molecule has 3 aliphatic heterocycles. The topological polar surface area (TPSA) is 95.7 Å². The molecule has 0 radical (unpaired) electrons. The third-order valence-corrected chi connectivity index (χ3v) is 5.47. The van der Waals surface area contributed by atoms with Gasteiger partial charge in [0.2, 0.25) is 17.8 Å². The standard InChI is InChI=1S/C18H28N6O2/c1-5-14-11(2)16(21-18(19)20-14)23-8-12-6-7-13(9-23)24(17(12)26)10-15(25)22(3)4/h12-13H,5-10H2,1-4H3,(H2,19,20,21)/t12-,13+/m1/s1. The lowest BCUT2D eigenvalue weighted by Crippen LogP contribution is -2.51. The van der Waals surface area contributed by atoms with Crippen molar-refractivity contribution in [3.8, 4) is 0 Å². The maximum atomic E-state index is 12.9. The molecule has 142 valence electrons. The van der Waals surface area contributed by atoms with E-state index < -0.39 is 0 Å². The Morgan fingerprint density at radius 1 is 1.27 bits per heavy atom. The maximum Gasteiger partial charge on any atom is 0.241 e. The zero-order valence-electron chi connectivity index (χ0n) is 16.0. The van der Waals surface area contributed by atoms with Crippen molar-refractivity contribution in [2.45, 2.75) is 39.2 Å². The zero-order chi connectivity index (χ0) is 19.0. The first-order valence-corrected chi connectivity index (χ1v) is 9.20. The number of rotatable bonds is 4. The number of piperidine rings is 1. The van der Waals surface area contributed by atoms with Gasteiger partial charge in [0.25, 0.3) is 0 Å². The van der Waals surface area contributed by atoms with E-state index in [1.807, 2.05) is 13.8 Å². The van der Waals surface area contributed by atoms with Gasteiger partial charge in [0.05, 0.1) is 11.6 Å². The molecule has 26 heavy (non-hydrogen) atoms. The second kappa shape index (κ2) is 7.09. The van der Waals surface area contributed by atoms with Gasteiger partial charge < -0.3 is 20.4 Å². The van der Waals surface area contributed by atoms with E-state index in [9.17, 15) is 9.59 Å². The van der Waals surface area contributed by atoms with E-state index >= 15 is 0 Å². The monoisotopic (exact) mass is 360 g/mol. The van der Waals surface area contributed by atoms with Gasteiger partial charge >= 0.3 is 0 Å². The van der Waals surface area contributed by atoms with Gasteiger partial charge in [0, 0.05) is 38.8 Å². The van der Waals surface area contributed by atoms with Crippen LogP contribution in [0.15, 0.2) is 0 Å². The number of carbonyl (C=O) groups is 2. The highest BCUT2D eigenvalue weighted by atomic mass is 16.2. The Bertz CT molecular complexity index is 720. The van der Waals surface area contributed by atoms with Gasteiger partial charge in [-0.25, -0.2) is 4.98 Å². The zero-order valence-corrected chi connectivity index (χ0v) is 16.0. The number of aromatic nitrogens is 2. The Kier molecular flexibility index (Phi) is 5.02. The number of hydrogen-bond acceptors (Lipinski definition) is 6. The van der Waals surface area contributed by atoms with E-state index in [1.165, 1.54) is 4.90 Å². The summed E-state index contributed by atoms with van der Waals surface area (Å²) in [5.74, 6) is 1.01. The fourth-order valence-corrected chi connectivity index (χ4v) is 3.93. The third-order valence-electron chi connectivity index (χ3n) is 5.47. The first kappa shape index (κ1) is 18.4. The molecule has 2 atom stereocenters. The van der Waals surface area contributed by atoms with Crippen LogP contribution < -0.4 is 10.6 Å². The minimum atomic E-state index is -0.107. The van der Waals surface area contributed by atoms with Crippen LogP contribution in [-0.2, 0) is 16.0 Å². The Morgan fingerprint density at radius 2 is 2.00 bits per heavy atom. The molecule has 1 aromatic heterocycles. The third kappa shape index (κ3) is 3.32. The predicted molar refractivity (Wildman–Crippen MR) is 99.7 cm³/mol. The number of fused-ring (bicyclic) bond motifs is 4. The number of nitrogens with two attached hydrogens (primary N) is 1. The number of hydrogen-bond donors (Lipinski definition) is 1. The second-order valence-corrected chi connectivity index (χ2v) is 7.42. The van der Waals surface area contributed by atoms with Gasteiger partial charge in [-0.15, -0.1) is 0 Å². The molecule has 0 spiro atoms. The summed E-state index contributed by atoms with van der Waals surface area (Å²) in [5, 5.41) is 0. The first-order chi connectivity index (χ1) is 12.3. The molecule has 3 fully saturated rings. The van der Waals surface area contributed by atoms with E-state index in [1.54, 1.807) is 19.0 Å². The van der Waals surface area contributed by atoms with Crippen molar-refractivity contribution in [1.29, 1.82) is 0 Å². The minimum absolute atomic E-state index is 0.0193. The SMILES string of the molecule is CCc1nc(N)nc(N2C[C@H]3CC[C@@H](C2)N(CC(=O)N(C)C)C3=O)c1C. The molecule has 0 saturated carbocycles. The normalized spacial score (nSPS) is 22.5. The summed E-state index contributed by atoms with van der Waals surface area (Å²) in [6.45, 7) is 5.48. The largest absolute Gasteiger partial charge is 0.368 e. The highest BCUT2D eigenvalue weighted by Gasteiger charge is 2.42. The second-order valence-electron chi connectivity index (χ2n) is 7.42. The quantitative estimate of drug-likeness (QED) is 0.837. The van der Waals surface area contributed by atoms with Gasteiger partial charge in [-0.05, 0) is 26.2 Å². The first-order valence-electron chi connectivity index (χ1n) is 9.20. The van der Waals surface area contributed by atoms with Gasteiger partial charge in [0.15, 0.2) is 0 Å². The smallest absolute Gasteiger partial charge is 0.241 e. The minimum Gasteiger partial charge on any atom is -0.368 e. The van der Waals surface area contributed by atoms with E-state index in [2.05, 4.69) is 14.9 Å². The summed E-state index contributed by atoms with van der Waals surface area (Å²) in [4.78, 5) is 39.3. The molecule has 3 saturated heterocycles. The van der Waals surface area contributed by atoms with Crippen LogP contribution in [0.1, 0.15) is 31.0 Å². The number of nitrogens with zero attached hydrogens (tertiary/aromatic N) is 5. The van der Waals surface area contributed by atoms with Crippen LogP contribution in [0, 0.1) is 12.8 Å². The number of nitrogen functional groups attached to an aromatic ring is 1. The number of anilines is 2. The van der Waals surface area contributed by atoms with Crippen LogP contribution in [0.25, 0.3) is 0 Å². The predicted octanol–water partition coefficient (Wildman–Crippen LogP) is 0.445. The lowest BCUT2D eigenvalue weighted by atomic mass is 9.94. The highest BCUT2D eigenvalue weighted by Crippen LogP contribution is 2.33. The molecule has 1 aromatic rings. The van der Waals surface area contributed by atoms with E-state index in [-0.39, 0.29) is 36.3 Å². The molecule has 2 bridgehead atoms. The van der Waals surface area contributed by atoms with Crippen LogP contribution in [-0.4, -0.2) is 71.4 Å². The van der Waals surface area contributed by atoms with Crippen LogP contribution in [0.3, 0.4) is 0 Å². The summed E-state index contributed by atoms with van der Waals surface area (Å²) < 4.78 is 0. The summed E-state index contributed by atoms with van der Waals surface area (Å²) in [5.41, 5.74) is 7.87. The van der Waals surface area contributed by atoms with Crippen molar-refractivity contribution in [2.75, 3.05) is 44.4 Å². The molecule has 2 amide bonds. The molecule has 4 heterocycles. The van der Waals surface area contributed by atoms with Crippen molar-refractivity contribution in [2.24, 2.45) is 5.92 Å². The summed E-state index contributed by atoms with van der Waals surface area (Å²) in [6.07, 6.45) is 2.55. The van der Waals surface area contributed by atoms with Gasteiger partial charge in [-0.2, -0.15) is 4.98 Å². The molecule has 4 rings (SSSR count).